The lowest BCUT2D eigenvalue weighted by atomic mass is 10.0. The zero-order valence-corrected chi connectivity index (χ0v) is 8.32. The van der Waals surface area contributed by atoms with Crippen molar-refractivity contribution in [3.05, 3.63) is 0 Å². The molecule has 0 fully saturated rings. The van der Waals surface area contributed by atoms with Crippen LogP contribution in [0.25, 0.3) is 0 Å². The molecule has 0 spiro atoms. The first-order chi connectivity index (χ1) is 5.09. The van der Waals surface area contributed by atoms with Gasteiger partial charge < -0.3 is 0 Å². The number of ketones is 1. The second kappa shape index (κ2) is 5.59. The highest BCUT2D eigenvalue weighted by molar-refractivity contribution is 6.31. The summed E-state index contributed by atoms with van der Waals surface area (Å²) in [6.07, 6.45) is 2.98. The smallest absolute Gasteiger partial charge is 0.153 e. The van der Waals surface area contributed by atoms with Gasteiger partial charge in [0.15, 0.2) is 5.78 Å². The second-order valence-electron chi connectivity index (χ2n) is 3.17. The van der Waals surface area contributed by atoms with Gasteiger partial charge in [-0.25, -0.2) is 0 Å². The van der Waals surface area contributed by atoms with Crippen molar-refractivity contribution in [3.63, 3.8) is 0 Å². The van der Waals surface area contributed by atoms with E-state index in [1.165, 1.54) is 0 Å². The van der Waals surface area contributed by atoms with Gasteiger partial charge in [-0.05, 0) is 6.42 Å². The first kappa shape index (κ1) is 11.0. The third-order valence-corrected chi connectivity index (χ3v) is 2.12. The highest BCUT2D eigenvalue weighted by atomic mass is 35.5. The number of hydrogen-bond donors (Lipinski definition) is 0. The van der Waals surface area contributed by atoms with E-state index in [1.54, 1.807) is 0 Å². The predicted octanol–water partition coefficient (Wildman–Crippen LogP) is 3.01. The molecule has 1 nitrogen and oxygen atoms in total. The number of Topliss-reactive ketones (excluding diaryl/α,β-unsaturated/α-hetero) is 1. The average Bonchev–Trinajstić information content (AvgIpc) is 1.98. The number of alkyl halides is 1. The molecule has 0 rings (SSSR count). The maximum atomic E-state index is 11.2. The van der Waals surface area contributed by atoms with E-state index < -0.39 is 0 Å². The molecule has 11 heavy (non-hydrogen) atoms. The minimum atomic E-state index is -0.255. The molecular formula is C9H17ClO. The fourth-order valence-electron chi connectivity index (χ4n) is 0.887. The number of unbranched alkanes of at least 4 members (excludes halogenated alkanes) is 1. The van der Waals surface area contributed by atoms with Gasteiger partial charge in [-0.2, -0.15) is 0 Å². The van der Waals surface area contributed by atoms with Crippen LogP contribution in [0.2, 0.25) is 0 Å². The minimum Gasteiger partial charge on any atom is -0.298 e. The molecule has 0 aliphatic rings. The van der Waals surface area contributed by atoms with Crippen LogP contribution in [0.5, 0.6) is 0 Å². The maximum absolute atomic E-state index is 11.2. The summed E-state index contributed by atoms with van der Waals surface area (Å²) in [7, 11) is 0. The summed E-state index contributed by atoms with van der Waals surface area (Å²) >= 11 is 5.86. The van der Waals surface area contributed by atoms with Gasteiger partial charge in [0.1, 0.15) is 0 Å². The highest BCUT2D eigenvalue weighted by Gasteiger charge is 2.17. The van der Waals surface area contributed by atoms with E-state index in [9.17, 15) is 4.79 Å². The van der Waals surface area contributed by atoms with E-state index in [0.717, 1.165) is 19.3 Å². The predicted molar refractivity (Wildman–Crippen MR) is 49.0 cm³/mol. The summed E-state index contributed by atoms with van der Waals surface area (Å²) in [6.45, 7) is 5.89. The van der Waals surface area contributed by atoms with Crippen molar-refractivity contribution in [2.45, 2.75) is 45.4 Å². The van der Waals surface area contributed by atoms with Gasteiger partial charge in [0.05, 0.1) is 5.38 Å². The third kappa shape index (κ3) is 4.41. The summed E-state index contributed by atoms with van der Waals surface area (Å²) in [5.74, 6) is 0.259. The summed E-state index contributed by atoms with van der Waals surface area (Å²) in [5, 5.41) is -0.255. The van der Waals surface area contributed by atoms with Gasteiger partial charge >= 0.3 is 0 Å². The van der Waals surface area contributed by atoms with Crippen molar-refractivity contribution < 1.29 is 4.79 Å². The Morgan fingerprint density at radius 1 is 1.45 bits per heavy atom. The van der Waals surface area contributed by atoms with E-state index in [4.69, 9.17) is 11.6 Å². The fourth-order valence-corrected chi connectivity index (χ4v) is 1.29. The normalized spacial score (nSPS) is 13.5. The van der Waals surface area contributed by atoms with Crippen LogP contribution in [0.3, 0.4) is 0 Å². The number of carbonyl (C=O) groups excluding carboxylic acids is 1. The van der Waals surface area contributed by atoms with Crippen LogP contribution < -0.4 is 0 Å². The van der Waals surface area contributed by atoms with E-state index >= 15 is 0 Å². The highest BCUT2D eigenvalue weighted by Crippen LogP contribution is 2.12. The van der Waals surface area contributed by atoms with E-state index in [0.29, 0.717) is 0 Å². The Labute approximate surface area is 74.1 Å². The van der Waals surface area contributed by atoms with E-state index in [2.05, 4.69) is 6.92 Å². The lowest BCUT2D eigenvalue weighted by molar-refractivity contribution is -0.121. The van der Waals surface area contributed by atoms with Crippen LogP contribution in [0.4, 0.5) is 0 Å². The number of carbonyl (C=O) groups is 1. The number of halogens is 1. The van der Waals surface area contributed by atoms with E-state index in [1.807, 2.05) is 13.8 Å². The number of hydrogen-bond acceptors (Lipinski definition) is 1. The Bertz CT molecular complexity index is 121. The monoisotopic (exact) mass is 176 g/mol. The van der Waals surface area contributed by atoms with Crippen molar-refractivity contribution in [2.75, 3.05) is 0 Å². The Kier molecular flexibility index (Phi) is 5.57. The first-order valence-electron chi connectivity index (χ1n) is 4.27. The van der Waals surface area contributed by atoms with Crippen LogP contribution in [0.1, 0.15) is 40.0 Å². The lowest BCUT2D eigenvalue weighted by Gasteiger charge is -2.09. The zero-order chi connectivity index (χ0) is 8.85. The molecular weight excluding hydrogens is 160 g/mol. The van der Waals surface area contributed by atoms with Crippen molar-refractivity contribution in [3.8, 4) is 0 Å². The van der Waals surface area contributed by atoms with Crippen LogP contribution in [-0.2, 0) is 4.79 Å². The molecule has 0 heterocycles. The summed E-state index contributed by atoms with van der Waals surface area (Å²) in [6, 6.07) is 0. The molecule has 0 bridgehead atoms. The van der Waals surface area contributed by atoms with Gasteiger partial charge in [0.2, 0.25) is 0 Å². The maximum Gasteiger partial charge on any atom is 0.153 e. The van der Waals surface area contributed by atoms with Crippen LogP contribution in [-0.4, -0.2) is 11.2 Å². The van der Waals surface area contributed by atoms with Crippen molar-refractivity contribution >= 4 is 17.4 Å². The molecule has 0 aromatic carbocycles. The average molecular weight is 177 g/mol. The summed E-state index contributed by atoms with van der Waals surface area (Å²) in [5.41, 5.74) is 0. The van der Waals surface area contributed by atoms with Gasteiger partial charge in [-0.15, -0.1) is 11.6 Å². The quantitative estimate of drug-likeness (QED) is 0.589. The van der Waals surface area contributed by atoms with Crippen molar-refractivity contribution in [1.29, 1.82) is 0 Å². The van der Waals surface area contributed by atoms with Crippen molar-refractivity contribution in [2.24, 2.45) is 5.92 Å². The third-order valence-electron chi connectivity index (χ3n) is 1.69. The molecule has 0 aromatic heterocycles. The molecule has 0 radical (unpaired) electrons. The molecule has 0 saturated carbocycles. The molecule has 0 aliphatic heterocycles. The fraction of sp³-hybridized carbons (Fsp3) is 0.889. The molecule has 2 heteroatoms. The lowest BCUT2D eigenvalue weighted by Crippen LogP contribution is -2.19. The Balaban J connectivity index is 3.64. The Morgan fingerprint density at radius 3 is 2.36 bits per heavy atom. The van der Waals surface area contributed by atoms with Gasteiger partial charge in [-0.3, -0.25) is 4.79 Å². The molecule has 0 N–H and O–H groups in total. The van der Waals surface area contributed by atoms with Crippen molar-refractivity contribution in [1.82, 2.24) is 0 Å². The summed E-state index contributed by atoms with van der Waals surface area (Å²) < 4.78 is 0. The molecule has 0 saturated heterocycles. The molecule has 0 amide bonds. The SMILES string of the molecule is CCCCC(Cl)C(=O)C(C)C. The zero-order valence-electron chi connectivity index (χ0n) is 7.56. The largest absolute Gasteiger partial charge is 0.298 e. The van der Waals surface area contributed by atoms with Gasteiger partial charge in [0.25, 0.3) is 0 Å². The Morgan fingerprint density at radius 2 is 2.00 bits per heavy atom. The van der Waals surface area contributed by atoms with Crippen LogP contribution in [0, 0.1) is 5.92 Å². The van der Waals surface area contributed by atoms with Gasteiger partial charge in [-0.1, -0.05) is 33.6 Å². The van der Waals surface area contributed by atoms with Crippen LogP contribution in [0.15, 0.2) is 0 Å². The number of rotatable bonds is 5. The standard InChI is InChI=1S/C9H17ClO/c1-4-5-6-8(10)9(11)7(2)3/h7-8H,4-6H2,1-3H3. The minimum absolute atomic E-state index is 0.0781. The molecule has 0 aromatic rings. The molecule has 0 aliphatic carbocycles. The van der Waals surface area contributed by atoms with E-state index in [-0.39, 0.29) is 17.1 Å². The first-order valence-corrected chi connectivity index (χ1v) is 4.71. The summed E-state index contributed by atoms with van der Waals surface area (Å²) in [4.78, 5) is 11.2. The topological polar surface area (TPSA) is 17.1 Å². The Hall–Kier alpha value is -0.0400. The van der Waals surface area contributed by atoms with Gasteiger partial charge in [0, 0.05) is 5.92 Å². The second-order valence-corrected chi connectivity index (χ2v) is 3.69. The van der Waals surface area contributed by atoms with Crippen LogP contribution >= 0.6 is 11.6 Å². The molecule has 1 atom stereocenters. The molecule has 1 unspecified atom stereocenters. The molecule has 66 valence electrons.